The summed E-state index contributed by atoms with van der Waals surface area (Å²) in [7, 11) is 1.61. The van der Waals surface area contributed by atoms with Gasteiger partial charge in [0.1, 0.15) is 5.69 Å². The first kappa shape index (κ1) is 21.9. The zero-order chi connectivity index (χ0) is 22.9. The summed E-state index contributed by atoms with van der Waals surface area (Å²) in [6.45, 7) is 3.85. The van der Waals surface area contributed by atoms with Gasteiger partial charge in [-0.2, -0.15) is 0 Å². The zero-order valence-corrected chi connectivity index (χ0v) is 19.4. The molecule has 0 aliphatic carbocycles. The monoisotopic (exact) mass is 465 g/mol. The molecule has 0 spiro atoms. The minimum Gasteiger partial charge on any atom is -0.370 e. The predicted octanol–water partition coefficient (Wildman–Crippen LogP) is 3.39. The Bertz CT molecular complexity index is 1220. The van der Waals surface area contributed by atoms with Crippen molar-refractivity contribution in [3.8, 4) is 0 Å². The molecule has 172 valence electrons. The number of hydrogen-bond donors (Lipinski definition) is 2. The first-order chi connectivity index (χ1) is 16.0. The predicted molar refractivity (Wildman–Crippen MR) is 131 cm³/mol. The summed E-state index contributed by atoms with van der Waals surface area (Å²) in [6.07, 6.45) is 4.94. The first-order valence-corrected chi connectivity index (χ1v) is 11.9. The lowest BCUT2D eigenvalue weighted by Crippen LogP contribution is -2.44. The summed E-state index contributed by atoms with van der Waals surface area (Å²) in [5, 5.41) is 4.76. The van der Waals surface area contributed by atoms with Gasteiger partial charge in [-0.1, -0.05) is 29.8 Å². The molecule has 33 heavy (non-hydrogen) atoms. The summed E-state index contributed by atoms with van der Waals surface area (Å²) in [4.78, 5) is 36.5. The molecule has 2 aliphatic heterocycles. The van der Waals surface area contributed by atoms with Crippen molar-refractivity contribution in [1.29, 1.82) is 0 Å². The molecule has 1 aromatic carbocycles. The van der Waals surface area contributed by atoms with E-state index in [4.69, 9.17) is 11.6 Å². The lowest BCUT2D eigenvalue weighted by molar-refractivity contribution is 0.0958. The lowest BCUT2D eigenvalue weighted by Gasteiger charge is -2.37. The van der Waals surface area contributed by atoms with Crippen molar-refractivity contribution in [3.05, 3.63) is 69.4 Å². The topological polar surface area (TPSA) is 81.3 Å². The number of nitrogens with one attached hydrogen (secondary N) is 2. The molecule has 1 unspecified atom stereocenters. The number of hydrogen-bond acceptors (Lipinski definition) is 5. The van der Waals surface area contributed by atoms with E-state index in [1.165, 1.54) is 0 Å². The molecule has 2 N–H and O–H groups in total. The van der Waals surface area contributed by atoms with Crippen LogP contribution in [-0.4, -0.2) is 60.0 Å². The fraction of sp³-hybridized carbons (Fsp3) is 0.400. The molecule has 0 radical (unpaired) electrons. The number of halogens is 1. The average molecular weight is 466 g/mol. The molecule has 1 atom stereocenters. The number of rotatable bonds is 4. The van der Waals surface area contributed by atoms with Crippen LogP contribution in [0.5, 0.6) is 0 Å². The summed E-state index contributed by atoms with van der Waals surface area (Å²) in [6, 6.07) is 11.8. The highest BCUT2D eigenvalue weighted by Crippen LogP contribution is 2.35. The molecule has 0 saturated carbocycles. The SMILES string of the molecule is CNC(=O)c1ccc(N2CCC(N3CCC(c4[nH]c(=O)c5ccccc5c4Cl)C3)CC2)cn1. The van der Waals surface area contributed by atoms with E-state index in [2.05, 4.69) is 25.1 Å². The highest BCUT2D eigenvalue weighted by molar-refractivity contribution is 6.36. The van der Waals surface area contributed by atoms with Crippen LogP contribution in [0.25, 0.3) is 10.8 Å². The molecule has 5 rings (SSSR count). The number of piperidine rings is 1. The highest BCUT2D eigenvalue weighted by Gasteiger charge is 2.33. The van der Waals surface area contributed by atoms with Crippen LogP contribution in [0.1, 0.15) is 41.4 Å². The van der Waals surface area contributed by atoms with Crippen molar-refractivity contribution < 1.29 is 4.79 Å². The average Bonchev–Trinajstić information content (AvgIpc) is 3.36. The van der Waals surface area contributed by atoms with Crippen LogP contribution in [0.15, 0.2) is 47.4 Å². The number of anilines is 1. The Kier molecular flexibility index (Phi) is 6.08. The number of fused-ring (bicyclic) bond motifs is 1. The van der Waals surface area contributed by atoms with Gasteiger partial charge in [0.15, 0.2) is 0 Å². The molecule has 4 heterocycles. The van der Waals surface area contributed by atoms with Gasteiger partial charge >= 0.3 is 0 Å². The Morgan fingerprint density at radius 2 is 1.85 bits per heavy atom. The normalized spacial score (nSPS) is 19.8. The van der Waals surface area contributed by atoms with E-state index in [-0.39, 0.29) is 17.4 Å². The molecule has 0 bridgehead atoms. The molecule has 2 aliphatic rings. The second kappa shape index (κ2) is 9.15. The summed E-state index contributed by atoms with van der Waals surface area (Å²) >= 11 is 6.73. The van der Waals surface area contributed by atoms with Crippen molar-refractivity contribution in [2.24, 2.45) is 0 Å². The molecule has 7 nitrogen and oxygen atoms in total. The number of benzene rings is 1. The summed E-state index contributed by atoms with van der Waals surface area (Å²) < 4.78 is 0. The van der Waals surface area contributed by atoms with Crippen LogP contribution >= 0.6 is 11.6 Å². The smallest absolute Gasteiger partial charge is 0.269 e. The second-order valence-corrected chi connectivity index (χ2v) is 9.28. The zero-order valence-electron chi connectivity index (χ0n) is 18.7. The lowest BCUT2D eigenvalue weighted by atomic mass is 10.0. The van der Waals surface area contributed by atoms with E-state index in [1.54, 1.807) is 19.3 Å². The van der Waals surface area contributed by atoms with E-state index in [1.807, 2.05) is 30.3 Å². The van der Waals surface area contributed by atoms with E-state index in [0.717, 1.165) is 62.2 Å². The van der Waals surface area contributed by atoms with Gasteiger partial charge in [-0.15, -0.1) is 0 Å². The molecule has 1 amide bonds. The summed E-state index contributed by atoms with van der Waals surface area (Å²) in [5.41, 5.74) is 2.31. The van der Waals surface area contributed by atoms with Gasteiger partial charge in [0.2, 0.25) is 0 Å². The van der Waals surface area contributed by atoms with Gasteiger partial charge < -0.3 is 15.2 Å². The van der Waals surface area contributed by atoms with Gasteiger partial charge in [-0.3, -0.25) is 14.5 Å². The van der Waals surface area contributed by atoms with Crippen LogP contribution in [0, 0.1) is 0 Å². The van der Waals surface area contributed by atoms with Crippen LogP contribution in [0.3, 0.4) is 0 Å². The first-order valence-electron chi connectivity index (χ1n) is 11.5. The molecular weight excluding hydrogens is 438 g/mol. The third-order valence-corrected chi connectivity index (χ3v) is 7.48. The van der Waals surface area contributed by atoms with Crippen molar-refractivity contribution in [2.45, 2.75) is 31.2 Å². The van der Waals surface area contributed by atoms with Crippen LogP contribution in [0.2, 0.25) is 5.02 Å². The molecule has 2 saturated heterocycles. The minimum absolute atomic E-state index is 0.0622. The number of aromatic nitrogens is 2. The van der Waals surface area contributed by atoms with Crippen LogP contribution in [0.4, 0.5) is 5.69 Å². The number of nitrogens with zero attached hydrogens (tertiary/aromatic N) is 3. The number of likely N-dealkylation sites (tertiary alicyclic amines) is 1. The van der Waals surface area contributed by atoms with E-state index >= 15 is 0 Å². The number of carbonyl (C=O) groups is 1. The van der Waals surface area contributed by atoms with Gasteiger partial charge in [0, 0.05) is 55.1 Å². The molecule has 8 heteroatoms. The summed E-state index contributed by atoms with van der Waals surface area (Å²) in [5.74, 6) is 0.0750. The van der Waals surface area contributed by atoms with E-state index in [9.17, 15) is 9.59 Å². The van der Waals surface area contributed by atoms with Gasteiger partial charge in [-0.25, -0.2) is 4.98 Å². The Morgan fingerprint density at radius 3 is 2.55 bits per heavy atom. The number of H-pyrrole nitrogens is 1. The molecular formula is C25H28ClN5O2. The Balaban J connectivity index is 1.23. The van der Waals surface area contributed by atoms with Gasteiger partial charge in [0.05, 0.1) is 16.9 Å². The highest BCUT2D eigenvalue weighted by atomic mass is 35.5. The quantitative estimate of drug-likeness (QED) is 0.617. The van der Waals surface area contributed by atoms with Crippen molar-refractivity contribution >= 4 is 34.0 Å². The minimum atomic E-state index is -0.170. The van der Waals surface area contributed by atoms with Crippen LogP contribution in [-0.2, 0) is 0 Å². The van der Waals surface area contributed by atoms with Gasteiger partial charge in [0.25, 0.3) is 11.5 Å². The van der Waals surface area contributed by atoms with Crippen molar-refractivity contribution in [3.63, 3.8) is 0 Å². The maximum absolute atomic E-state index is 12.6. The van der Waals surface area contributed by atoms with Crippen LogP contribution < -0.4 is 15.8 Å². The fourth-order valence-electron chi connectivity index (χ4n) is 5.22. The maximum atomic E-state index is 12.6. The third-order valence-electron chi connectivity index (χ3n) is 7.07. The maximum Gasteiger partial charge on any atom is 0.269 e. The largest absolute Gasteiger partial charge is 0.370 e. The fourth-order valence-corrected chi connectivity index (χ4v) is 5.59. The number of carbonyl (C=O) groups excluding carboxylic acids is 1. The van der Waals surface area contributed by atoms with Crippen molar-refractivity contribution in [2.75, 3.05) is 38.1 Å². The van der Waals surface area contributed by atoms with Crippen molar-refractivity contribution in [1.82, 2.24) is 20.2 Å². The Morgan fingerprint density at radius 1 is 1.09 bits per heavy atom. The Hall–Kier alpha value is -2.90. The standard InChI is InChI=1S/C25H28ClN5O2/c1-27-25(33)21-7-6-18(14-28-21)30-12-9-17(10-13-30)31-11-8-16(15-31)23-22(26)19-4-2-3-5-20(19)24(32)29-23/h2-7,14,16-17H,8-13,15H2,1H3,(H,27,33)(H,29,32). The second-order valence-electron chi connectivity index (χ2n) is 8.91. The molecule has 2 fully saturated rings. The van der Waals surface area contributed by atoms with E-state index in [0.29, 0.717) is 22.1 Å². The Labute approximate surface area is 197 Å². The van der Waals surface area contributed by atoms with Gasteiger partial charge in [-0.05, 0) is 44.0 Å². The van der Waals surface area contributed by atoms with E-state index < -0.39 is 0 Å². The molecule has 3 aromatic rings. The number of pyridine rings is 2. The third kappa shape index (κ3) is 4.23. The number of amides is 1. The number of aromatic amines is 1. The molecule has 2 aromatic heterocycles.